The van der Waals surface area contributed by atoms with Crippen molar-refractivity contribution in [3.8, 4) is 5.75 Å². The first-order valence-electron chi connectivity index (χ1n) is 4.77. The zero-order valence-electron chi connectivity index (χ0n) is 8.65. The Labute approximate surface area is 91.4 Å². The van der Waals surface area contributed by atoms with E-state index in [-0.39, 0.29) is 17.3 Å². The van der Waals surface area contributed by atoms with Gasteiger partial charge in [0.2, 0.25) is 0 Å². The molecule has 1 aromatic rings. The number of carbonyl (C=O) groups excluding carboxylic acids is 1. The summed E-state index contributed by atoms with van der Waals surface area (Å²) in [5.41, 5.74) is 1.04. The van der Waals surface area contributed by atoms with E-state index >= 15 is 0 Å². The van der Waals surface area contributed by atoms with E-state index in [1.807, 2.05) is 0 Å². The van der Waals surface area contributed by atoms with Crippen molar-refractivity contribution in [2.45, 2.75) is 6.42 Å². The van der Waals surface area contributed by atoms with Crippen LogP contribution in [0.1, 0.15) is 15.9 Å². The van der Waals surface area contributed by atoms with Gasteiger partial charge in [-0.1, -0.05) is 0 Å². The van der Waals surface area contributed by atoms with Gasteiger partial charge in [0.05, 0.1) is 12.0 Å². The fraction of sp³-hybridized carbons (Fsp3) is 0.300. The quantitative estimate of drug-likeness (QED) is 0.595. The molecule has 0 aromatic heterocycles. The second-order valence-electron chi connectivity index (χ2n) is 3.44. The summed E-state index contributed by atoms with van der Waals surface area (Å²) in [6, 6.07) is 2.83. The van der Waals surface area contributed by atoms with Crippen molar-refractivity contribution in [3.63, 3.8) is 0 Å². The van der Waals surface area contributed by atoms with Gasteiger partial charge in [-0.3, -0.25) is 14.9 Å². The molecular formula is C10H10N2O4. The normalized spacial score (nSPS) is 13.9. The second kappa shape index (κ2) is 3.80. The predicted octanol–water partition coefficient (Wildman–Crippen LogP) is 0.889. The molecule has 1 amide bonds. The number of carbonyl (C=O) groups is 1. The largest absolute Gasteiger partial charge is 0.490 e. The minimum absolute atomic E-state index is 0.101. The van der Waals surface area contributed by atoms with Crippen LogP contribution in [0.5, 0.6) is 5.75 Å². The minimum atomic E-state index is -0.508. The maximum Gasteiger partial charge on any atom is 0.311 e. The van der Waals surface area contributed by atoms with Crippen LogP contribution in [-0.2, 0) is 6.42 Å². The van der Waals surface area contributed by atoms with Crippen LogP contribution in [0, 0.1) is 10.1 Å². The van der Waals surface area contributed by atoms with Gasteiger partial charge in [-0.2, -0.15) is 0 Å². The predicted molar refractivity (Wildman–Crippen MR) is 55.7 cm³/mol. The van der Waals surface area contributed by atoms with Gasteiger partial charge in [0.25, 0.3) is 5.91 Å². The van der Waals surface area contributed by atoms with E-state index in [1.165, 1.54) is 19.2 Å². The Bertz CT molecular complexity index is 454. The molecule has 16 heavy (non-hydrogen) atoms. The second-order valence-corrected chi connectivity index (χ2v) is 3.44. The average Bonchev–Trinajstić information content (AvgIpc) is 2.28. The summed E-state index contributed by atoms with van der Waals surface area (Å²) < 4.78 is 4.90. The number of nitro groups is 1. The van der Waals surface area contributed by atoms with Gasteiger partial charge in [-0.15, -0.1) is 0 Å². The first kappa shape index (κ1) is 10.4. The van der Waals surface area contributed by atoms with Crippen molar-refractivity contribution >= 4 is 11.6 Å². The van der Waals surface area contributed by atoms with Crippen LogP contribution in [0.25, 0.3) is 0 Å². The molecule has 6 heteroatoms. The van der Waals surface area contributed by atoms with Crippen molar-refractivity contribution in [3.05, 3.63) is 33.4 Å². The summed E-state index contributed by atoms with van der Waals surface area (Å²) in [6.07, 6.45) is 0.603. The van der Waals surface area contributed by atoms with Crippen LogP contribution in [0.3, 0.4) is 0 Å². The van der Waals surface area contributed by atoms with Gasteiger partial charge >= 0.3 is 5.69 Å². The van der Waals surface area contributed by atoms with Crippen LogP contribution in [0.4, 0.5) is 5.69 Å². The summed E-state index contributed by atoms with van der Waals surface area (Å²) in [6.45, 7) is 0.509. The van der Waals surface area contributed by atoms with Gasteiger partial charge in [-0.05, 0) is 12.0 Å². The van der Waals surface area contributed by atoms with Crippen LogP contribution in [0.2, 0.25) is 0 Å². The number of amides is 1. The molecule has 84 valence electrons. The highest BCUT2D eigenvalue weighted by atomic mass is 16.6. The smallest absolute Gasteiger partial charge is 0.311 e. The van der Waals surface area contributed by atoms with E-state index in [2.05, 4.69) is 5.32 Å². The van der Waals surface area contributed by atoms with Gasteiger partial charge < -0.3 is 10.1 Å². The van der Waals surface area contributed by atoms with Crippen LogP contribution in [-0.4, -0.2) is 24.5 Å². The SMILES string of the molecule is COc1cc2c(cc1[N+](=O)[O-])CCNC2=O. The minimum Gasteiger partial charge on any atom is -0.490 e. The van der Waals surface area contributed by atoms with Crippen molar-refractivity contribution in [1.29, 1.82) is 0 Å². The lowest BCUT2D eigenvalue weighted by Gasteiger charge is -2.16. The number of fused-ring (bicyclic) bond motifs is 1. The van der Waals surface area contributed by atoms with Crippen LogP contribution < -0.4 is 10.1 Å². The Morgan fingerprint density at radius 1 is 1.50 bits per heavy atom. The molecular weight excluding hydrogens is 212 g/mol. The molecule has 1 aliphatic rings. The molecule has 0 radical (unpaired) electrons. The molecule has 6 nitrogen and oxygen atoms in total. The molecule has 0 atom stereocenters. The highest BCUT2D eigenvalue weighted by molar-refractivity contribution is 5.97. The molecule has 2 rings (SSSR count). The summed E-state index contributed by atoms with van der Waals surface area (Å²) in [5, 5.41) is 13.4. The lowest BCUT2D eigenvalue weighted by molar-refractivity contribution is -0.385. The summed E-state index contributed by atoms with van der Waals surface area (Å²) in [5.74, 6) is -0.102. The van der Waals surface area contributed by atoms with Crippen LogP contribution >= 0.6 is 0 Å². The molecule has 0 saturated heterocycles. The van der Waals surface area contributed by atoms with E-state index in [0.717, 1.165) is 0 Å². The molecule has 0 aliphatic carbocycles. The Morgan fingerprint density at radius 2 is 2.25 bits per heavy atom. The average molecular weight is 222 g/mol. The Kier molecular flexibility index (Phi) is 2.47. The molecule has 1 N–H and O–H groups in total. The third-order valence-corrected chi connectivity index (χ3v) is 2.53. The molecule has 1 heterocycles. The van der Waals surface area contributed by atoms with Gasteiger partial charge in [0.1, 0.15) is 0 Å². The number of hydrogen-bond acceptors (Lipinski definition) is 4. The fourth-order valence-corrected chi connectivity index (χ4v) is 1.74. The highest BCUT2D eigenvalue weighted by Crippen LogP contribution is 2.31. The number of rotatable bonds is 2. The number of nitro benzene ring substituents is 1. The van der Waals surface area contributed by atoms with Crippen molar-refractivity contribution < 1.29 is 14.5 Å². The molecule has 0 bridgehead atoms. The Morgan fingerprint density at radius 3 is 2.88 bits per heavy atom. The lowest BCUT2D eigenvalue weighted by Crippen LogP contribution is -2.31. The third kappa shape index (κ3) is 1.58. The van der Waals surface area contributed by atoms with Gasteiger partial charge in [0, 0.05) is 24.2 Å². The third-order valence-electron chi connectivity index (χ3n) is 2.53. The van der Waals surface area contributed by atoms with Gasteiger partial charge in [-0.25, -0.2) is 0 Å². The zero-order chi connectivity index (χ0) is 11.7. The molecule has 0 saturated carbocycles. The number of nitrogens with one attached hydrogen (secondary N) is 1. The Balaban J connectivity index is 2.59. The highest BCUT2D eigenvalue weighted by Gasteiger charge is 2.24. The Hall–Kier alpha value is -2.11. The van der Waals surface area contributed by atoms with Crippen LogP contribution in [0.15, 0.2) is 12.1 Å². The molecule has 0 spiro atoms. The topological polar surface area (TPSA) is 81.5 Å². The number of benzene rings is 1. The number of hydrogen-bond donors (Lipinski definition) is 1. The lowest BCUT2D eigenvalue weighted by atomic mass is 9.99. The van der Waals surface area contributed by atoms with E-state index < -0.39 is 4.92 Å². The number of ether oxygens (including phenoxy) is 1. The maximum atomic E-state index is 11.5. The molecule has 0 unspecified atom stereocenters. The molecule has 0 fully saturated rings. The fourth-order valence-electron chi connectivity index (χ4n) is 1.74. The standard InChI is InChI=1S/C10H10N2O4/c1-16-9-5-7-6(2-3-11-10(7)13)4-8(9)12(14)15/h4-5H,2-3H2,1H3,(H,11,13). The zero-order valence-corrected chi connectivity index (χ0v) is 8.65. The van der Waals surface area contributed by atoms with E-state index in [1.54, 1.807) is 0 Å². The van der Waals surface area contributed by atoms with Crippen molar-refractivity contribution in [2.75, 3.05) is 13.7 Å². The summed E-state index contributed by atoms with van der Waals surface area (Å²) >= 11 is 0. The summed E-state index contributed by atoms with van der Waals surface area (Å²) in [7, 11) is 1.34. The molecule has 1 aromatic carbocycles. The monoisotopic (exact) mass is 222 g/mol. The van der Waals surface area contributed by atoms with Crippen molar-refractivity contribution in [2.24, 2.45) is 0 Å². The van der Waals surface area contributed by atoms with E-state index in [9.17, 15) is 14.9 Å². The first-order valence-corrected chi connectivity index (χ1v) is 4.77. The number of methoxy groups -OCH3 is 1. The van der Waals surface area contributed by atoms with E-state index in [4.69, 9.17) is 4.74 Å². The van der Waals surface area contributed by atoms with Gasteiger partial charge in [0.15, 0.2) is 5.75 Å². The first-order chi connectivity index (χ1) is 7.63. The molecule has 1 aliphatic heterocycles. The summed E-state index contributed by atoms with van der Waals surface area (Å²) in [4.78, 5) is 21.8. The number of nitrogens with zero attached hydrogens (tertiary/aromatic N) is 1. The van der Waals surface area contributed by atoms with Crippen molar-refractivity contribution in [1.82, 2.24) is 5.32 Å². The van der Waals surface area contributed by atoms with E-state index in [0.29, 0.717) is 24.1 Å². The maximum absolute atomic E-state index is 11.5.